The molecular weight excluding hydrogens is 321 g/mol. The van der Waals surface area contributed by atoms with Crippen LogP contribution < -0.4 is 10.2 Å². The molecule has 7 heteroatoms. The molecular formula is C18H20FN5O. The van der Waals surface area contributed by atoms with Crippen molar-refractivity contribution in [1.82, 2.24) is 14.9 Å². The smallest absolute Gasteiger partial charge is 0.272 e. The van der Waals surface area contributed by atoms with Crippen LogP contribution in [0.2, 0.25) is 0 Å². The molecule has 0 atom stereocenters. The Labute approximate surface area is 145 Å². The van der Waals surface area contributed by atoms with Crippen LogP contribution in [0.3, 0.4) is 0 Å². The van der Waals surface area contributed by atoms with Gasteiger partial charge in [0.25, 0.3) is 5.91 Å². The predicted molar refractivity (Wildman–Crippen MR) is 93.2 cm³/mol. The second kappa shape index (κ2) is 6.66. The van der Waals surface area contributed by atoms with Gasteiger partial charge in [-0.25, -0.2) is 14.4 Å². The van der Waals surface area contributed by atoms with Crippen LogP contribution in [0, 0.1) is 5.82 Å². The Bertz CT molecular complexity index is 754. The molecule has 2 aromatic rings. The maximum absolute atomic E-state index is 13.0. The lowest BCUT2D eigenvalue weighted by atomic mass is 10.2. The minimum atomic E-state index is -0.239. The fourth-order valence-electron chi connectivity index (χ4n) is 2.94. The van der Waals surface area contributed by atoms with Crippen molar-refractivity contribution in [1.29, 1.82) is 0 Å². The van der Waals surface area contributed by atoms with Crippen molar-refractivity contribution < 1.29 is 9.18 Å². The zero-order valence-electron chi connectivity index (χ0n) is 13.9. The van der Waals surface area contributed by atoms with Gasteiger partial charge in [0.2, 0.25) is 5.95 Å². The van der Waals surface area contributed by atoms with Crippen LogP contribution in [0.1, 0.15) is 23.3 Å². The first-order valence-corrected chi connectivity index (χ1v) is 8.58. The number of nitrogens with one attached hydrogen (secondary N) is 1. The van der Waals surface area contributed by atoms with E-state index in [1.54, 1.807) is 24.4 Å². The normalized spacial score (nSPS) is 17.5. The molecule has 1 N–H and O–H groups in total. The topological polar surface area (TPSA) is 61.4 Å². The number of hydrogen-bond donors (Lipinski definition) is 1. The van der Waals surface area contributed by atoms with E-state index in [1.807, 2.05) is 4.90 Å². The molecule has 6 nitrogen and oxygen atoms in total. The van der Waals surface area contributed by atoms with Gasteiger partial charge in [0, 0.05) is 44.1 Å². The Hall–Kier alpha value is -2.70. The summed E-state index contributed by atoms with van der Waals surface area (Å²) in [5, 5.41) is 3.22. The van der Waals surface area contributed by atoms with Crippen LogP contribution in [0.25, 0.3) is 0 Å². The van der Waals surface area contributed by atoms with Crippen LogP contribution in [-0.2, 0) is 0 Å². The maximum Gasteiger partial charge on any atom is 0.272 e. The van der Waals surface area contributed by atoms with Gasteiger partial charge in [-0.3, -0.25) is 4.79 Å². The van der Waals surface area contributed by atoms with Gasteiger partial charge in [-0.2, -0.15) is 0 Å². The Balaban J connectivity index is 1.38. The standard InChI is InChI=1S/C18H20FN5O/c19-13-1-5-15(6-2-13)23-9-11-24(12-10-23)17(25)16-7-8-20-18(22-16)21-14-3-4-14/h1-2,5-8,14H,3-4,9-12H2,(H,20,21,22). The fourth-order valence-corrected chi connectivity index (χ4v) is 2.94. The van der Waals surface area contributed by atoms with E-state index < -0.39 is 0 Å². The van der Waals surface area contributed by atoms with Crippen molar-refractivity contribution in [2.45, 2.75) is 18.9 Å². The molecule has 2 aliphatic rings. The number of benzene rings is 1. The van der Waals surface area contributed by atoms with E-state index >= 15 is 0 Å². The lowest BCUT2D eigenvalue weighted by molar-refractivity contribution is 0.0741. The van der Waals surface area contributed by atoms with Gasteiger partial charge >= 0.3 is 0 Å². The number of carbonyl (C=O) groups is 1. The molecule has 1 aromatic carbocycles. The number of piperazine rings is 1. The van der Waals surface area contributed by atoms with Crippen molar-refractivity contribution in [2.75, 3.05) is 36.4 Å². The molecule has 1 saturated heterocycles. The van der Waals surface area contributed by atoms with Crippen molar-refractivity contribution in [2.24, 2.45) is 0 Å². The summed E-state index contributed by atoms with van der Waals surface area (Å²) in [5.74, 6) is 0.218. The van der Waals surface area contributed by atoms with Crippen molar-refractivity contribution >= 4 is 17.5 Å². The lowest BCUT2D eigenvalue weighted by Gasteiger charge is -2.36. The average molecular weight is 341 g/mol. The minimum absolute atomic E-state index is 0.0694. The number of hydrogen-bond acceptors (Lipinski definition) is 5. The third kappa shape index (κ3) is 3.70. The van der Waals surface area contributed by atoms with Crippen LogP contribution in [0.5, 0.6) is 0 Å². The maximum atomic E-state index is 13.0. The van der Waals surface area contributed by atoms with E-state index in [-0.39, 0.29) is 11.7 Å². The molecule has 1 amide bonds. The third-order valence-corrected chi connectivity index (χ3v) is 4.54. The van der Waals surface area contributed by atoms with Crippen molar-refractivity contribution in [3.63, 3.8) is 0 Å². The number of amides is 1. The molecule has 1 aliphatic carbocycles. The highest BCUT2D eigenvalue weighted by atomic mass is 19.1. The van der Waals surface area contributed by atoms with E-state index in [0.29, 0.717) is 30.8 Å². The Kier molecular flexibility index (Phi) is 4.21. The number of halogens is 1. The molecule has 0 spiro atoms. The zero-order chi connectivity index (χ0) is 17.2. The molecule has 1 aromatic heterocycles. The average Bonchev–Trinajstić information content (AvgIpc) is 3.46. The molecule has 4 rings (SSSR count). The molecule has 2 heterocycles. The number of anilines is 2. The fraction of sp³-hybridized carbons (Fsp3) is 0.389. The lowest BCUT2D eigenvalue weighted by Crippen LogP contribution is -2.49. The highest BCUT2D eigenvalue weighted by molar-refractivity contribution is 5.92. The highest BCUT2D eigenvalue weighted by Gasteiger charge is 2.25. The Morgan fingerprint density at radius 3 is 2.48 bits per heavy atom. The van der Waals surface area contributed by atoms with Crippen LogP contribution in [0.4, 0.5) is 16.0 Å². The molecule has 0 bridgehead atoms. The van der Waals surface area contributed by atoms with Gasteiger partial charge in [-0.15, -0.1) is 0 Å². The summed E-state index contributed by atoms with van der Waals surface area (Å²) < 4.78 is 13.0. The summed E-state index contributed by atoms with van der Waals surface area (Å²) in [5.41, 5.74) is 1.40. The highest BCUT2D eigenvalue weighted by Crippen LogP contribution is 2.23. The predicted octanol–water partition coefficient (Wildman–Crippen LogP) is 2.15. The molecule has 0 unspecified atom stereocenters. The zero-order valence-corrected chi connectivity index (χ0v) is 13.9. The molecule has 0 radical (unpaired) electrons. The van der Waals surface area contributed by atoms with E-state index in [0.717, 1.165) is 31.6 Å². The summed E-state index contributed by atoms with van der Waals surface area (Å²) in [6.45, 7) is 2.67. The third-order valence-electron chi connectivity index (χ3n) is 4.54. The molecule has 130 valence electrons. The van der Waals surface area contributed by atoms with E-state index in [4.69, 9.17) is 0 Å². The van der Waals surface area contributed by atoms with E-state index in [9.17, 15) is 9.18 Å². The largest absolute Gasteiger partial charge is 0.368 e. The summed E-state index contributed by atoms with van der Waals surface area (Å²) in [4.78, 5) is 25.2. The van der Waals surface area contributed by atoms with Gasteiger partial charge in [-0.05, 0) is 43.2 Å². The summed E-state index contributed by atoms with van der Waals surface area (Å²) in [7, 11) is 0. The van der Waals surface area contributed by atoms with Crippen LogP contribution in [-0.4, -0.2) is 53.0 Å². The first-order chi connectivity index (χ1) is 12.2. The van der Waals surface area contributed by atoms with Crippen LogP contribution in [0.15, 0.2) is 36.5 Å². The van der Waals surface area contributed by atoms with Gasteiger partial charge in [0.1, 0.15) is 11.5 Å². The van der Waals surface area contributed by atoms with Crippen molar-refractivity contribution in [3.8, 4) is 0 Å². The molecule has 2 fully saturated rings. The van der Waals surface area contributed by atoms with Crippen molar-refractivity contribution in [3.05, 3.63) is 48.0 Å². The molecule has 1 saturated carbocycles. The minimum Gasteiger partial charge on any atom is -0.368 e. The number of nitrogens with zero attached hydrogens (tertiary/aromatic N) is 4. The molecule has 1 aliphatic heterocycles. The first kappa shape index (κ1) is 15.8. The van der Waals surface area contributed by atoms with E-state index in [2.05, 4.69) is 20.2 Å². The number of rotatable bonds is 4. The number of carbonyl (C=O) groups excluding carboxylic acids is 1. The molecule has 25 heavy (non-hydrogen) atoms. The summed E-state index contributed by atoms with van der Waals surface area (Å²) in [6.07, 6.45) is 3.89. The summed E-state index contributed by atoms with van der Waals surface area (Å²) in [6, 6.07) is 8.57. The number of aromatic nitrogens is 2. The second-order valence-electron chi connectivity index (χ2n) is 6.44. The summed E-state index contributed by atoms with van der Waals surface area (Å²) >= 11 is 0. The Morgan fingerprint density at radius 2 is 1.80 bits per heavy atom. The Morgan fingerprint density at radius 1 is 1.08 bits per heavy atom. The van der Waals surface area contributed by atoms with Gasteiger partial charge < -0.3 is 15.1 Å². The SMILES string of the molecule is O=C(c1ccnc(NC2CC2)n1)N1CCN(c2ccc(F)cc2)CC1. The van der Waals surface area contributed by atoms with Gasteiger partial charge in [0.15, 0.2) is 0 Å². The van der Waals surface area contributed by atoms with Crippen LogP contribution >= 0.6 is 0 Å². The quantitative estimate of drug-likeness (QED) is 0.923. The van der Waals surface area contributed by atoms with Gasteiger partial charge in [0.05, 0.1) is 0 Å². The monoisotopic (exact) mass is 341 g/mol. The van der Waals surface area contributed by atoms with Gasteiger partial charge in [-0.1, -0.05) is 0 Å². The first-order valence-electron chi connectivity index (χ1n) is 8.58. The van der Waals surface area contributed by atoms with E-state index in [1.165, 1.54) is 12.1 Å². The second-order valence-corrected chi connectivity index (χ2v) is 6.44.